The highest BCUT2D eigenvalue weighted by atomic mass is 35.5. The van der Waals surface area contributed by atoms with Crippen LogP contribution in [-0.4, -0.2) is 0 Å². The van der Waals surface area contributed by atoms with Crippen LogP contribution in [0.25, 0.3) is 11.1 Å². The van der Waals surface area contributed by atoms with Crippen molar-refractivity contribution in [3.63, 3.8) is 0 Å². The molecule has 2 aromatic carbocycles. The Morgan fingerprint density at radius 1 is 1.12 bits per heavy atom. The fourth-order valence-electron chi connectivity index (χ4n) is 1.69. The van der Waals surface area contributed by atoms with E-state index in [4.69, 9.17) is 16.9 Å². The SMILES string of the molecule is Cc1cc(-c2cc(F)cc(Cl)c2)ccc1C#N. The Bertz CT molecular complexity index is 594. The predicted octanol–water partition coefficient (Wildman–Crippen LogP) is 4.33. The first-order chi connectivity index (χ1) is 8.10. The number of nitrogens with zero attached hydrogens (tertiary/aromatic N) is 1. The van der Waals surface area contributed by atoms with Crippen molar-refractivity contribution in [2.75, 3.05) is 0 Å². The van der Waals surface area contributed by atoms with E-state index >= 15 is 0 Å². The van der Waals surface area contributed by atoms with E-state index in [1.54, 1.807) is 18.2 Å². The van der Waals surface area contributed by atoms with E-state index in [1.165, 1.54) is 12.1 Å². The van der Waals surface area contributed by atoms with Gasteiger partial charge in [0.15, 0.2) is 0 Å². The third-order valence-corrected chi connectivity index (χ3v) is 2.76. The van der Waals surface area contributed by atoms with Gasteiger partial charge in [0.1, 0.15) is 5.82 Å². The van der Waals surface area contributed by atoms with Crippen LogP contribution < -0.4 is 0 Å². The Hall–Kier alpha value is -1.85. The van der Waals surface area contributed by atoms with Gasteiger partial charge in [-0.1, -0.05) is 23.7 Å². The molecular weight excluding hydrogens is 237 g/mol. The number of hydrogen-bond acceptors (Lipinski definition) is 1. The highest BCUT2D eigenvalue weighted by Gasteiger charge is 2.04. The summed E-state index contributed by atoms with van der Waals surface area (Å²) in [6.07, 6.45) is 0. The molecule has 0 spiro atoms. The van der Waals surface area contributed by atoms with Crippen molar-refractivity contribution in [1.29, 1.82) is 5.26 Å². The zero-order chi connectivity index (χ0) is 12.4. The minimum absolute atomic E-state index is 0.363. The number of nitriles is 1. The van der Waals surface area contributed by atoms with Crippen LogP contribution in [0.4, 0.5) is 4.39 Å². The molecule has 0 aromatic heterocycles. The summed E-state index contributed by atoms with van der Waals surface area (Å²) in [6.45, 7) is 1.85. The van der Waals surface area contributed by atoms with Gasteiger partial charge in [-0.25, -0.2) is 4.39 Å². The molecule has 2 rings (SSSR count). The molecule has 0 saturated carbocycles. The average Bonchev–Trinajstić information content (AvgIpc) is 2.27. The smallest absolute Gasteiger partial charge is 0.125 e. The maximum absolute atomic E-state index is 13.2. The molecule has 17 heavy (non-hydrogen) atoms. The Morgan fingerprint density at radius 2 is 1.88 bits per heavy atom. The molecule has 0 saturated heterocycles. The lowest BCUT2D eigenvalue weighted by atomic mass is 10.0. The van der Waals surface area contributed by atoms with Gasteiger partial charge < -0.3 is 0 Å². The van der Waals surface area contributed by atoms with Crippen LogP contribution in [0.3, 0.4) is 0 Å². The zero-order valence-corrected chi connectivity index (χ0v) is 9.92. The van der Waals surface area contributed by atoms with E-state index < -0.39 is 0 Å². The van der Waals surface area contributed by atoms with Gasteiger partial charge >= 0.3 is 0 Å². The predicted molar refractivity (Wildman–Crippen MR) is 66.3 cm³/mol. The van der Waals surface area contributed by atoms with E-state index in [1.807, 2.05) is 13.0 Å². The van der Waals surface area contributed by atoms with Gasteiger partial charge in [-0.3, -0.25) is 0 Å². The molecule has 0 amide bonds. The topological polar surface area (TPSA) is 23.8 Å². The van der Waals surface area contributed by atoms with Crippen LogP contribution in [0.5, 0.6) is 0 Å². The van der Waals surface area contributed by atoms with E-state index in [-0.39, 0.29) is 5.82 Å². The monoisotopic (exact) mass is 245 g/mol. The van der Waals surface area contributed by atoms with E-state index in [0.29, 0.717) is 16.1 Å². The minimum Gasteiger partial charge on any atom is -0.207 e. The average molecular weight is 246 g/mol. The van der Waals surface area contributed by atoms with E-state index in [9.17, 15) is 4.39 Å². The molecule has 2 aromatic rings. The lowest BCUT2D eigenvalue weighted by Crippen LogP contribution is -1.86. The van der Waals surface area contributed by atoms with Gasteiger partial charge in [-0.15, -0.1) is 0 Å². The molecule has 0 aliphatic heterocycles. The Balaban J connectivity index is 2.54. The summed E-state index contributed by atoms with van der Waals surface area (Å²) < 4.78 is 13.2. The van der Waals surface area contributed by atoms with Crippen LogP contribution in [0.1, 0.15) is 11.1 Å². The Kier molecular flexibility index (Phi) is 3.12. The molecular formula is C14H9ClFN. The van der Waals surface area contributed by atoms with Gasteiger partial charge in [0.05, 0.1) is 11.6 Å². The molecule has 1 nitrogen and oxygen atoms in total. The lowest BCUT2D eigenvalue weighted by Gasteiger charge is -2.05. The first-order valence-electron chi connectivity index (χ1n) is 5.07. The second-order valence-corrected chi connectivity index (χ2v) is 4.24. The van der Waals surface area contributed by atoms with Gasteiger partial charge in [0.25, 0.3) is 0 Å². The summed E-state index contributed by atoms with van der Waals surface area (Å²) >= 11 is 5.81. The zero-order valence-electron chi connectivity index (χ0n) is 9.17. The van der Waals surface area contributed by atoms with Crippen LogP contribution in [0, 0.1) is 24.1 Å². The van der Waals surface area contributed by atoms with Crippen molar-refractivity contribution in [1.82, 2.24) is 0 Å². The maximum atomic E-state index is 13.2. The second-order valence-electron chi connectivity index (χ2n) is 3.80. The van der Waals surface area contributed by atoms with Crippen LogP contribution >= 0.6 is 11.6 Å². The largest absolute Gasteiger partial charge is 0.207 e. The molecule has 0 fully saturated rings. The van der Waals surface area contributed by atoms with Crippen LogP contribution in [0.15, 0.2) is 36.4 Å². The summed E-state index contributed by atoms with van der Waals surface area (Å²) in [5, 5.41) is 9.20. The van der Waals surface area contributed by atoms with E-state index in [0.717, 1.165) is 11.1 Å². The number of hydrogen-bond donors (Lipinski definition) is 0. The Morgan fingerprint density at radius 3 is 2.47 bits per heavy atom. The standard InChI is InChI=1S/C14H9ClFN/c1-9-4-10(2-3-11(9)8-17)12-5-13(15)7-14(16)6-12/h2-7H,1H3. The molecule has 0 aliphatic carbocycles. The number of aryl methyl sites for hydroxylation is 1. The van der Waals surface area contributed by atoms with Crippen LogP contribution in [0.2, 0.25) is 5.02 Å². The number of benzene rings is 2. The van der Waals surface area contributed by atoms with Crippen molar-refractivity contribution < 1.29 is 4.39 Å². The molecule has 0 heterocycles. The molecule has 0 unspecified atom stereocenters. The normalized spacial score (nSPS) is 10.0. The fraction of sp³-hybridized carbons (Fsp3) is 0.0714. The van der Waals surface area contributed by atoms with Crippen LogP contribution in [-0.2, 0) is 0 Å². The van der Waals surface area contributed by atoms with Gasteiger partial charge in [-0.2, -0.15) is 5.26 Å². The lowest BCUT2D eigenvalue weighted by molar-refractivity contribution is 0.628. The molecule has 0 aliphatic rings. The molecule has 0 N–H and O–H groups in total. The summed E-state index contributed by atoms with van der Waals surface area (Å²) in [6, 6.07) is 11.9. The second kappa shape index (κ2) is 4.57. The summed E-state index contributed by atoms with van der Waals surface area (Å²) in [7, 11) is 0. The summed E-state index contributed by atoms with van der Waals surface area (Å²) in [5.41, 5.74) is 3.05. The van der Waals surface area contributed by atoms with Crippen molar-refractivity contribution >= 4 is 11.6 Å². The van der Waals surface area contributed by atoms with Crippen molar-refractivity contribution in [2.45, 2.75) is 6.92 Å². The van der Waals surface area contributed by atoms with Gasteiger partial charge in [0, 0.05) is 5.02 Å². The van der Waals surface area contributed by atoms with E-state index in [2.05, 4.69) is 6.07 Å². The van der Waals surface area contributed by atoms with Gasteiger partial charge in [-0.05, 0) is 47.9 Å². The molecule has 0 bridgehead atoms. The van der Waals surface area contributed by atoms with Crippen molar-refractivity contribution in [3.05, 3.63) is 58.4 Å². The minimum atomic E-state index is -0.366. The first kappa shape index (κ1) is 11.6. The Labute approximate surface area is 104 Å². The third kappa shape index (κ3) is 2.46. The van der Waals surface area contributed by atoms with Crippen molar-refractivity contribution in [2.24, 2.45) is 0 Å². The first-order valence-corrected chi connectivity index (χ1v) is 5.45. The molecule has 0 atom stereocenters. The van der Waals surface area contributed by atoms with Gasteiger partial charge in [0.2, 0.25) is 0 Å². The highest BCUT2D eigenvalue weighted by molar-refractivity contribution is 6.30. The maximum Gasteiger partial charge on any atom is 0.125 e. The highest BCUT2D eigenvalue weighted by Crippen LogP contribution is 2.26. The molecule has 0 radical (unpaired) electrons. The van der Waals surface area contributed by atoms with Crippen molar-refractivity contribution in [3.8, 4) is 17.2 Å². The summed E-state index contributed by atoms with van der Waals surface area (Å²) in [5.74, 6) is -0.366. The third-order valence-electron chi connectivity index (χ3n) is 2.54. The fourth-order valence-corrected chi connectivity index (χ4v) is 1.91. The quantitative estimate of drug-likeness (QED) is 0.734. The number of halogens is 2. The summed E-state index contributed by atoms with van der Waals surface area (Å²) in [4.78, 5) is 0. The molecule has 3 heteroatoms. The molecule has 84 valence electrons. The number of rotatable bonds is 1.